The lowest BCUT2D eigenvalue weighted by molar-refractivity contribution is -0.114. The van der Waals surface area contributed by atoms with Crippen molar-refractivity contribution in [2.45, 2.75) is 26.7 Å². The molecule has 2 aromatic rings. The molecule has 0 aliphatic carbocycles. The molecule has 32 heavy (non-hydrogen) atoms. The Labute approximate surface area is 193 Å². The van der Waals surface area contributed by atoms with Crippen LogP contribution in [0.1, 0.15) is 40.6 Å². The number of nitriles is 1. The maximum Gasteiger partial charge on any atom is 0.335 e. The van der Waals surface area contributed by atoms with Crippen LogP contribution in [0.15, 0.2) is 57.6 Å². The minimum Gasteiger partial charge on any atom is -0.478 e. The SMILES string of the molecule is CC(=O)C1=C(C)NC(SCC(=O)Nc2ccc(C(=O)O)cc2)=C(C#N)C1c1sccc1C. The van der Waals surface area contributed by atoms with Gasteiger partial charge in [0.1, 0.15) is 0 Å². The molecular weight excluding hydrogens is 446 g/mol. The number of allylic oxidation sites excluding steroid dienone is 3. The van der Waals surface area contributed by atoms with Crippen molar-refractivity contribution >= 4 is 46.4 Å². The third kappa shape index (κ3) is 4.93. The summed E-state index contributed by atoms with van der Waals surface area (Å²) < 4.78 is 0. The number of thioether (sulfide) groups is 1. The highest BCUT2D eigenvalue weighted by Gasteiger charge is 2.34. The number of rotatable bonds is 7. The van der Waals surface area contributed by atoms with Gasteiger partial charge in [0.05, 0.1) is 33.9 Å². The largest absolute Gasteiger partial charge is 0.478 e. The lowest BCUT2D eigenvalue weighted by Crippen LogP contribution is -2.27. The van der Waals surface area contributed by atoms with E-state index in [0.29, 0.717) is 27.6 Å². The number of amides is 1. The van der Waals surface area contributed by atoms with Crippen LogP contribution in [-0.4, -0.2) is 28.5 Å². The fraction of sp³-hybridized carbons (Fsp3) is 0.217. The number of aryl methyl sites for hydroxylation is 1. The van der Waals surface area contributed by atoms with Crippen LogP contribution < -0.4 is 10.6 Å². The smallest absolute Gasteiger partial charge is 0.335 e. The fourth-order valence-corrected chi connectivity index (χ4v) is 5.40. The number of Topliss-reactive ketones (excluding diaryl/α,β-unsaturated/α-hetero) is 1. The number of carboxylic acid groups (broad SMARTS) is 1. The summed E-state index contributed by atoms with van der Waals surface area (Å²) in [7, 11) is 0. The van der Waals surface area contributed by atoms with E-state index in [1.54, 1.807) is 6.92 Å². The average molecular weight is 468 g/mol. The molecule has 0 radical (unpaired) electrons. The second-order valence-corrected chi connectivity index (χ2v) is 9.13. The van der Waals surface area contributed by atoms with Crippen molar-refractivity contribution < 1.29 is 19.5 Å². The first-order valence-electron chi connectivity index (χ1n) is 9.66. The zero-order chi connectivity index (χ0) is 23.4. The summed E-state index contributed by atoms with van der Waals surface area (Å²) in [6.45, 7) is 5.24. The summed E-state index contributed by atoms with van der Waals surface area (Å²) in [4.78, 5) is 36.7. The van der Waals surface area contributed by atoms with Gasteiger partial charge in [0.25, 0.3) is 0 Å². The van der Waals surface area contributed by atoms with Gasteiger partial charge >= 0.3 is 5.97 Å². The maximum atomic E-state index is 12.4. The quantitative estimate of drug-likeness (QED) is 0.552. The van der Waals surface area contributed by atoms with Gasteiger partial charge in [0, 0.05) is 21.8 Å². The number of nitrogens with one attached hydrogen (secondary N) is 2. The topological polar surface area (TPSA) is 119 Å². The van der Waals surface area contributed by atoms with Crippen molar-refractivity contribution in [1.82, 2.24) is 5.32 Å². The molecule has 0 saturated heterocycles. The van der Waals surface area contributed by atoms with E-state index in [9.17, 15) is 19.6 Å². The van der Waals surface area contributed by atoms with Crippen LogP contribution in [0.2, 0.25) is 0 Å². The van der Waals surface area contributed by atoms with Gasteiger partial charge in [-0.05, 0) is 62.0 Å². The second-order valence-electron chi connectivity index (χ2n) is 7.19. The molecule has 7 nitrogen and oxygen atoms in total. The summed E-state index contributed by atoms with van der Waals surface area (Å²) in [5.41, 5.74) is 3.25. The summed E-state index contributed by atoms with van der Waals surface area (Å²) in [6.07, 6.45) is 0. The number of nitrogens with zero attached hydrogens (tertiary/aromatic N) is 1. The number of anilines is 1. The van der Waals surface area contributed by atoms with E-state index in [-0.39, 0.29) is 23.0 Å². The monoisotopic (exact) mass is 467 g/mol. The highest BCUT2D eigenvalue weighted by molar-refractivity contribution is 8.03. The lowest BCUT2D eigenvalue weighted by Gasteiger charge is -2.29. The molecular formula is C23H21N3O4S2. The molecule has 164 valence electrons. The Kier molecular flexibility index (Phi) is 7.18. The molecule has 0 spiro atoms. The van der Waals surface area contributed by atoms with Gasteiger partial charge in [-0.3, -0.25) is 9.59 Å². The molecule has 2 heterocycles. The number of carboxylic acids is 1. The number of hydrogen-bond acceptors (Lipinski definition) is 7. The third-order valence-corrected chi connectivity index (χ3v) is 7.05. The Morgan fingerprint density at radius 1 is 1.22 bits per heavy atom. The summed E-state index contributed by atoms with van der Waals surface area (Å²) >= 11 is 2.69. The first-order valence-corrected chi connectivity index (χ1v) is 11.5. The average Bonchev–Trinajstić information content (AvgIpc) is 3.17. The minimum atomic E-state index is -1.04. The Morgan fingerprint density at radius 3 is 2.44 bits per heavy atom. The molecule has 1 unspecified atom stereocenters. The first kappa shape index (κ1) is 23.3. The zero-order valence-corrected chi connectivity index (χ0v) is 19.3. The van der Waals surface area contributed by atoms with E-state index < -0.39 is 11.9 Å². The highest BCUT2D eigenvalue weighted by Crippen LogP contribution is 2.43. The third-order valence-electron chi connectivity index (χ3n) is 4.95. The number of ketones is 1. The molecule has 0 fully saturated rings. The van der Waals surface area contributed by atoms with Crippen molar-refractivity contribution in [3.05, 3.63) is 73.6 Å². The van der Waals surface area contributed by atoms with E-state index in [0.717, 1.165) is 10.4 Å². The zero-order valence-electron chi connectivity index (χ0n) is 17.7. The van der Waals surface area contributed by atoms with Crippen LogP contribution in [0.25, 0.3) is 0 Å². The molecule has 1 atom stereocenters. The van der Waals surface area contributed by atoms with Crippen LogP contribution in [0.3, 0.4) is 0 Å². The fourth-order valence-electron chi connectivity index (χ4n) is 3.47. The minimum absolute atomic E-state index is 0.0347. The number of hydrogen-bond donors (Lipinski definition) is 3. The van der Waals surface area contributed by atoms with E-state index in [4.69, 9.17) is 5.11 Å². The number of dihydropyridines is 1. The van der Waals surface area contributed by atoms with E-state index >= 15 is 0 Å². The normalized spacial score (nSPS) is 15.8. The lowest BCUT2D eigenvalue weighted by atomic mass is 9.84. The van der Waals surface area contributed by atoms with Gasteiger partial charge in [-0.25, -0.2) is 4.79 Å². The Balaban J connectivity index is 1.81. The van der Waals surface area contributed by atoms with Crippen molar-refractivity contribution in [2.75, 3.05) is 11.1 Å². The molecule has 0 saturated carbocycles. The Morgan fingerprint density at radius 2 is 1.91 bits per heavy atom. The number of benzene rings is 1. The number of aromatic carboxylic acids is 1. The van der Waals surface area contributed by atoms with Gasteiger partial charge < -0.3 is 15.7 Å². The van der Waals surface area contributed by atoms with Crippen molar-refractivity contribution in [2.24, 2.45) is 0 Å². The van der Waals surface area contributed by atoms with Gasteiger partial charge in [-0.2, -0.15) is 5.26 Å². The molecule has 1 aliphatic rings. The molecule has 1 aromatic heterocycles. The molecule has 9 heteroatoms. The Hall–Kier alpha value is -3.35. The predicted octanol–water partition coefficient (Wildman–Crippen LogP) is 4.41. The summed E-state index contributed by atoms with van der Waals surface area (Å²) in [5, 5.41) is 27.2. The van der Waals surface area contributed by atoms with Gasteiger partial charge in [-0.15, -0.1) is 11.3 Å². The van der Waals surface area contributed by atoms with Crippen LogP contribution in [0.4, 0.5) is 5.69 Å². The summed E-state index contributed by atoms with van der Waals surface area (Å²) in [5.74, 6) is -1.87. The van der Waals surface area contributed by atoms with Crippen LogP contribution in [-0.2, 0) is 9.59 Å². The number of carbonyl (C=O) groups is 3. The molecule has 1 aromatic carbocycles. The van der Waals surface area contributed by atoms with Crippen molar-refractivity contribution in [1.29, 1.82) is 5.26 Å². The summed E-state index contributed by atoms with van der Waals surface area (Å²) in [6, 6.07) is 10.1. The second kappa shape index (κ2) is 9.85. The molecule has 0 bridgehead atoms. The standard InChI is InChI=1S/C23H21N3O4S2/c1-12-8-9-31-21(12)20-17(10-24)22(25-13(2)19(20)14(3)27)32-11-18(28)26-16-6-4-15(5-7-16)23(29)30/h4-9,20,25H,11H2,1-3H3,(H,26,28)(H,29,30). The predicted molar refractivity (Wildman–Crippen MR) is 125 cm³/mol. The van der Waals surface area contributed by atoms with Gasteiger partial charge in [0.2, 0.25) is 5.91 Å². The molecule has 1 aliphatic heterocycles. The van der Waals surface area contributed by atoms with Crippen molar-refractivity contribution in [3.8, 4) is 6.07 Å². The van der Waals surface area contributed by atoms with Gasteiger partial charge in [0.15, 0.2) is 5.78 Å². The van der Waals surface area contributed by atoms with E-state index in [2.05, 4.69) is 16.7 Å². The van der Waals surface area contributed by atoms with Gasteiger partial charge in [-0.1, -0.05) is 11.8 Å². The maximum absolute atomic E-state index is 12.4. The molecule has 1 amide bonds. The molecule has 3 N–H and O–H groups in total. The van der Waals surface area contributed by atoms with Crippen LogP contribution in [0.5, 0.6) is 0 Å². The Bertz CT molecular complexity index is 1190. The van der Waals surface area contributed by atoms with Crippen molar-refractivity contribution in [3.63, 3.8) is 0 Å². The molecule has 3 rings (SSSR count). The van der Waals surface area contributed by atoms with Crippen LogP contribution >= 0.6 is 23.1 Å². The van der Waals surface area contributed by atoms with E-state index in [1.807, 2.05) is 18.4 Å². The van der Waals surface area contributed by atoms with E-state index in [1.165, 1.54) is 54.3 Å². The number of carbonyl (C=O) groups excluding carboxylic acids is 2. The van der Waals surface area contributed by atoms with Crippen LogP contribution in [0, 0.1) is 18.3 Å². The first-order chi connectivity index (χ1) is 15.2. The highest BCUT2D eigenvalue weighted by atomic mass is 32.2. The number of thiophene rings is 1.